The van der Waals surface area contributed by atoms with E-state index in [2.05, 4.69) is 4.90 Å². The Bertz CT molecular complexity index is 422. The minimum absolute atomic E-state index is 0.160. The van der Waals surface area contributed by atoms with Gasteiger partial charge in [-0.15, -0.1) is 23.1 Å². The summed E-state index contributed by atoms with van der Waals surface area (Å²) >= 11 is 3.22. The molecular formula is C12H18N2OS2. The maximum Gasteiger partial charge on any atom is 0.174 e. The zero-order chi connectivity index (χ0) is 12.4. The van der Waals surface area contributed by atoms with Crippen molar-refractivity contribution in [2.75, 3.05) is 30.0 Å². The van der Waals surface area contributed by atoms with Crippen LogP contribution < -0.4 is 10.6 Å². The maximum atomic E-state index is 11.8. The number of carbonyl (C=O) groups excluding carboxylic acids is 1. The third-order valence-corrected chi connectivity index (χ3v) is 5.31. The van der Waals surface area contributed by atoms with Gasteiger partial charge in [0.2, 0.25) is 0 Å². The molecule has 0 bridgehead atoms. The van der Waals surface area contributed by atoms with Crippen molar-refractivity contribution < 1.29 is 4.79 Å². The van der Waals surface area contributed by atoms with Crippen molar-refractivity contribution >= 4 is 39.6 Å². The van der Waals surface area contributed by atoms with Gasteiger partial charge >= 0.3 is 0 Å². The Labute approximate surface area is 110 Å². The lowest BCUT2D eigenvalue weighted by molar-refractivity contribution is 0.0992. The Balaban J connectivity index is 2.40. The molecule has 0 aromatic carbocycles. The lowest BCUT2D eigenvalue weighted by Gasteiger charge is -2.16. The fraction of sp³-hybridized carbons (Fsp3) is 0.583. The number of carbonyl (C=O) groups is 1. The van der Waals surface area contributed by atoms with Crippen LogP contribution in [0.1, 0.15) is 35.9 Å². The van der Waals surface area contributed by atoms with Crippen LogP contribution >= 0.6 is 23.1 Å². The van der Waals surface area contributed by atoms with Crippen LogP contribution in [0.4, 0.5) is 10.7 Å². The van der Waals surface area contributed by atoms with Crippen LogP contribution in [-0.2, 0) is 0 Å². The van der Waals surface area contributed by atoms with E-state index in [9.17, 15) is 4.79 Å². The van der Waals surface area contributed by atoms with E-state index in [1.807, 2.05) is 13.2 Å². The monoisotopic (exact) mass is 270 g/mol. The van der Waals surface area contributed by atoms with E-state index in [1.54, 1.807) is 23.1 Å². The highest BCUT2D eigenvalue weighted by Gasteiger charge is 2.24. The van der Waals surface area contributed by atoms with Gasteiger partial charge < -0.3 is 10.6 Å². The van der Waals surface area contributed by atoms with E-state index in [0.29, 0.717) is 12.1 Å². The zero-order valence-electron chi connectivity index (χ0n) is 10.3. The van der Waals surface area contributed by atoms with Gasteiger partial charge in [-0.1, -0.05) is 6.92 Å². The van der Waals surface area contributed by atoms with E-state index in [-0.39, 0.29) is 5.78 Å². The van der Waals surface area contributed by atoms with Crippen LogP contribution in [0.25, 0.3) is 0 Å². The van der Waals surface area contributed by atoms with Gasteiger partial charge in [-0.2, -0.15) is 0 Å². The summed E-state index contributed by atoms with van der Waals surface area (Å²) in [5, 5.41) is 1.20. The first-order chi connectivity index (χ1) is 8.19. The first-order valence-electron chi connectivity index (χ1n) is 5.93. The van der Waals surface area contributed by atoms with Crippen LogP contribution in [0.15, 0.2) is 4.90 Å². The summed E-state index contributed by atoms with van der Waals surface area (Å²) in [5.41, 5.74) is 6.79. The van der Waals surface area contributed by atoms with E-state index in [0.717, 1.165) is 22.9 Å². The van der Waals surface area contributed by atoms with Gasteiger partial charge in [-0.05, 0) is 19.1 Å². The number of nitrogens with zero attached hydrogens (tertiary/aromatic N) is 1. The maximum absolute atomic E-state index is 11.8. The fourth-order valence-corrected chi connectivity index (χ4v) is 4.35. The van der Waals surface area contributed by atoms with Gasteiger partial charge in [-0.25, -0.2) is 0 Å². The van der Waals surface area contributed by atoms with Crippen molar-refractivity contribution in [3.8, 4) is 0 Å². The highest BCUT2D eigenvalue weighted by Crippen LogP contribution is 2.45. The predicted molar refractivity (Wildman–Crippen MR) is 76.6 cm³/mol. The average molecular weight is 270 g/mol. The summed E-state index contributed by atoms with van der Waals surface area (Å²) in [5.74, 6) is 0.160. The number of hydrogen-bond donors (Lipinski definition) is 1. The Hall–Kier alpha value is -0.680. The van der Waals surface area contributed by atoms with Crippen molar-refractivity contribution in [3.05, 3.63) is 4.88 Å². The van der Waals surface area contributed by atoms with Gasteiger partial charge in [0.15, 0.2) is 5.78 Å². The molecule has 3 nitrogen and oxygen atoms in total. The van der Waals surface area contributed by atoms with Gasteiger partial charge in [0.25, 0.3) is 0 Å². The number of nitrogens with two attached hydrogens (primary N) is 1. The molecule has 94 valence electrons. The molecule has 1 aromatic heterocycles. The molecule has 0 radical (unpaired) electrons. The third kappa shape index (κ3) is 2.31. The lowest BCUT2D eigenvalue weighted by Crippen LogP contribution is -2.16. The number of nitrogen functional groups attached to an aromatic ring is 1. The van der Waals surface area contributed by atoms with Crippen LogP contribution in [0.5, 0.6) is 0 Å². The molecule has 0 spiro atoms. The number of hydrogen-bond acceptors (Lipinski definition) is 5. The summed E-state index contributed by atoms with van der Waals surface area (Å²) in [6.45, 7) is 4.07. The standard InChI is InChI=1S/C12H18N2OS2/c1-3-8(15)10-9(13)11(16-2)12(17-10)14-6-4-5-7-14/h3-7,13H2,1-2H3. The molecular weight excluding hydrogens is 252 g/mol. The molecule has 1 fully saturated rings. The molecule has 0 unspecified atom stereocenters. The first kappa shape index (κ1) is 12.8. The topological polar surface area (TPSA) is 46.3 Å². The largest absolute Gasteiger partial charge is 0.396 e. The summed E-state index contributed by atoms with van der Waals surface area (Å²) in [7, 11) is 0. The molecule has 0 atom stereocenters. The molecule has 0 amide bonds. The van der Waals surface area contributed by atoms with Gasteiger partial charge in [0.1, 0.15) is 5.00 Å². The van der Waals surface area contributed by atoms with E-state index >= 15 is 0 Å². The van der Waals surface area contributed by atoms with Crippen LogP contribution in [0.3, 0.4) is 0 Å². The number of thiophene rings is 1. The second kappa shape index (κ2) is 5.31. The molecule has 17 heavy (non-hydrogen) atoms. The Morgan fingerprint density at radius 2 is 2.12 bits per heavy atom. The molecule has 5 heteroatoms. The van der Waals surface area contributed by atoms with Crippen LogP contribution in [0.2, 0.25) is 0 Å². The van der Waals surface area contributed by atoms with Crippen molar-refractivity contribution in [2.45, 2.75) is 31.1 Å². The summed E-state index contributed by atoms with van der Waals surface area (Å²) in [4.78, 5) is 16.0. The first-order valence-corrected chi connectivity index (χ1v) is 7.97. The number of ketones is 1. The average Bonchev–Trinajstić information content (AvgIpc) is 2.95. The van der Waals surface area contributed by atoms with Gasteiger partial charge in [0, 0.05) is 19.5 Å². The van der Waals surface area contributed by atoms with E-state index < -0.39 is 0 Å². The molecule has 1 aliphatic rings. The normalized spacial score (nSPS) is 15.5. The Morgan fingerprint density at radius 1 is 1.47 bits per heavy atom. The van der Waals surface area contributed by atoms with Crippen molar-refractivity contribution in [3.63, 3.8) is 0 Å². The molecule has 2 rings (SSSR count). The minimum Gasteiger partial charge on any atom is -0.396 e. The molecule has 1 aromatic rings. The predicted octanol–water partition coefficient (Wildman–Crippen LogP) is 3.25. The van der Waals surface area contributed by atoms with Crippen LogP contribution in [0, 0.1) is 0 Å². The molecule has 0 aliphatic carbocycles. The lowest BCUT2D eigenvalue weighted by atomic mass is 10.2. The second-order valence-electron chi connectivity index (χ2n) is 4.15. The third-order valence-electron chi connectivity index (χ3n) is 3.05. The van der Waals surface area contributed by atoms with E-state index in [4.69, 9.17) is 5.73 Å². The summed E-state index contributed by atoms with van der Waals surface area (Å²) < 4.78 is 0. The Kier molecular flexibility index (Phi) is 3.99. The minimum atomic E-state index is 0.160. The molecule has 2 N–H and O–H groups in total. The van der Waals surface area contributed by atoms with Gasteiger partial charge in [0.05, 0.1) is 15.5 Å². The van der Waals surface area contributed by atoms with Crippen LogP contribution in [-0.4, -0.2) is 25.1 Å². The van der Waals surface area contributed by atoms with Crippen molar-refractivity contribution in [2.24, 2.45) is 0 Å². The number of anilines is 2. The van der Waals surface area contributed by atoms with E-state index in [1.165, 1.54) is 17.8 Å². The summed E-state index contributed by atoms with van der Waals surface area (Å²) in [6.07, 6.45) is 5.03. The fourth-order valence-electron chi connectivity index (χ4n) is 2.11. The highest BCUT2D eigenvalue weighted by atomic mass is 32.2. The van der Waals surface area contributed by atoms with Gasteiger partial charge in [-0.3, -0.25) is 4.79 Å². The second-order valence-corrected chi connectivity index (χ2v) is 5.97. The molecule has 0 saturated carbocycles. The van der Waals surface area contributed by atoms with Crippen molar-refractivity contribution in [1.29, 1.82) is 0 Å². The highest BCUT2D eigenvalue weighted by molar-refractivity contribution is 7.99. The molecule has 1 saturated heterocycles. The number of rotatable bonds is 4. The zero-order valence-corrected chi connectivity index (χ0v) is 11.9. The quantitative estimate of drug-likeness (QED) is 0.674. The molecule has 1 aliphatic heterocycles. The number of thioether (sulfide) groups is 1. The summed E-state index contributed by atoms with van der Waals surface area (Å²) in [6, 6.07) is 0. The SMILES string of the molecule is CCC(=O)c1sc(N2CCCC2)c(SC)c1N. The molecule has 2 heterocycles. The Morgan fingerprint density at radius 3 is 2.65 bits per heavy atom. The number of Topliss-reactive ketones (excluding diaryl/α,β-unsaturated/α-hetero) is 1. The van der Waals surface area contributed by atoms with Crippen molar-refractivity contribution in [1.82, 2.24) is 0 Å². The smallest absolute Gasteiger partial charge is 0.174 e.